The highest BCUT2D eigenvalue weighted by atomic mass is 35.5. The summed E-state index contributed by atoms with van der Waals surface area (Å²) in [6, 6.07) is 0.0221. The Morgan fingerprint density at radius 2 is 1.81 bits per heavy atom. The van der Waals surface area contributed by atoms with Gasteiger partial charge in [-0.25, -0.2) is 0 Å². The summed E-state index contributed by atoms with van der Waals surface area (Å²) in [5.74, 6) is -0.338. The fourth-order valence-electron chi connectivity index (χ4n) is 2.89. The van der Waals surface area contributed by atoms with Crippen molar-refractivity contribution < 1.29 is 9.90 Å². The van der Waals surface area contributed by atoms with Gasteiger partial charge in [-0.3, -0.25) is 4.79 Å². The maximum Gasteiger partial charge on any atom is 0.303 e. The van der Waals surface area contributed by atoms with Gasteiger partial charge in [-0.2, -0.15) is 0 Å². The zero-order valence-corrected chi connectivity index (χ0v) is 11.1. The molecule has 3 N–H and O–H groups in total. The lowest BCUT2D eigenvalue weighted by atomic mass is 9.64. The number of hydrogen-bond acceptors (Lipinski definition) is 2. The molecule has 0 bridgehead atoms. The van der Waals surface area contributed by atoms with Crippen LogP contribution in [0.3, 0.4) is 0 Å². The van der Waals surface area contributed by atoms with Gasteiger partial charge in [0.25, 0.3) is 0 Å². The van der Waals surface area contributed by atoms with Gasteiger partial charge in [-0.1, -0.05) is 33.1 Å². The molecule has 96 valence electrons. The minimum atomic E-state index is -0.701. The van der Waals surface area contributed by atoms with E-state index in [9.17, 15) is 4.79 Å². The molecular formula is C12H24ClNO2. The van der Waals surface area contributed by atoms with Crippen LogP contribution in [0.5, 0.6) is 0 Å². The van der Waals surface area contributed by atoms with Crippen molar-refractivity contribution in [2.45, 2.75) is 58.4 Å². The van der Waals surface area contributed by atoms with E-state index in [0.717, 1.165) is 25.7 Å². The van der Waals surface area contributed by atoms with E-state index < -0.39 is 5.97 Å². The molecule has 1 rings (SSSR count). The van der Waals surface area contributed by atoms with E-state index in [1.54, 1.807) is 0 Å². The number of carboxylic acid groups (broad SMARTS) is 1. The Hall–Kier alpha value is -0.280. The second-order valence-corrected chi connectivity index (χ2v) is 5.26. The predicted molar refractivity (Wildman–Crippen MR) is 67.8 cm³/mol. The average molecular weight is 250 g/mol. The summed E-state index contributed by atoms with van der Waals surface area (Å²) in [6.45, 7) is 4.17. The Balaban J connectivity index is 0.00000225. The van der Waals surface area contributed by atoms with Gasteiger partial charge in [0.2, 0.25) is 0 Å². The molecule has 1 atom stereocenters. The van der Waals surface area contributed by atoms with Crippen LogP contribution >= 0.6 is 12.4 Å². The van der Waals surface area contributed by atoms with Crippen molar-refractivity contribution in [2.75, 3.05) is 0 Å². The largest absolute Gasteiger partial charge is 0.481 e. The first kappa shape index (κ1) is 15.7. The van der Waals surface area contributed by atoms with Crippen LogP contribution in [-0.2, 0) is 4.79 Å². The first-order chi connectivity index (χ1) is 6.98. The first-order valence-corrected chi connectivity index (χ1v) is 5.95. The van der Waals surface area contributed by atoms with Crippen molar-refractivity contribution in [1.82, 2.24) is 0 Å². The van der Waals surface area contributed by atoms with E-state index >= 15 is 0 Å². The molecule has 0 aromatic carbocycles. The van der Waals surface area contributed by atoms with Crippen molar-refractivity contribution in [3.8, 4) is 0 Å². The van der Waals surface area contributed by atoms with Crippen molar-refractivity contribution in [1.29, 1.82) is 0 Å². The Morgan fingerprint density at radius 3 is 2.19 bits per heavy atom. The van der Waals surface area contributed by atoms with Gasteiger partial charge in [0.05, 0.1) is 6.42 Å². The molecule has 1 unspecified atom stereocenters. The predicted octanol–water partition coefficient (Wildman–Crippen LogP) is 2.82. The van der Waals surface area contributed by atoms with Crippen LogP contribution < -0.4 is 5.73 Å². The summed E-state index contributed by atoms with van der Waals surface area (Å²) in [5.41, 5.74) is 6.07. The molecule has 0 aromatic heterocycles. The standard InChI is InChI=1S/C12H23NO2.ClH/c1-9(2)11(13)12(8-10(14)15)6-4-3-5-7-12;/h9,11H,3-8,13H2,1-2H3,(H,14,15);1H. The summed E-state index contributed by atoms with van der Waals surface area (Å²) >= 11 is 0. The minimum Gasteiger partial charge on any atom is -0.481 e. The van der Waals surface area contributed by atoms with Crippen LogP contribution in [0.1, 0.15) is 52.4 Å². The van der Waals surface area contributed by atoms with Crippen LogP contribution in [0.4, 0.5) is 0 Å². The molecule has 1 aliphatic rings. The lowest BCUT2D eigenvalue weighted by Crippen LogP contribution is -2.47. The van der Waals surface area contributed by atoms with Gasteiger partial charge in [-0.15, -0.1) is 12.4 Å². The van der Waals surface area contributed by atoms with Crippen molar-refractivity contribution in [3.05, 3.63) is 0 Å². The van der Waals surface area contributed by atoms with Crippen LogP contribution in [0.25, 0.3) is 0 Å². The second-order valence-electron chi connectivity index (χ2n) is 5.26. The van der Waals surface area contributed by atoms with Crippen LogP contribution in [0.15, 0.2) is 0 Å². The highest BCUT2D eigenvalue weighted by Gasteiger charge is 2.40. The van der Waals surface area contributed by atoms with Gasteiger partial charge >= 0.3 is 5.97 Å². The molecule has 0 saturated heterocycles. The van der Waals surface area contributed by atoms with Gasteiger partial charge in [0.1, 0.15) is 0 Å². The summed E-state index contributed by atoms with van der Waals surface area (Å²) < 4.78 is 0. The van der Waals surface area contributed by atoms with Crippen molar-refractivity contribution in [3.63, 3.8) is 0 Å². The number of carbonyl (C=O) groups is 1. The fourth-order valence-corrected chi connectivity index (χ4v) is 2.89. The van der Waals surface area contributed by atoms with E-state index in [-0.39, 0.29) is 30.3 Å². The number of halogens is 1. The zero-order valence-electron chi connectivity index (χ0n) is 10.2. The maximum absolute atomic E-state index is 10.9. The third-order valence-electron chi connectivity index (χ3n) is 3.78. The number of rotatable bonds is 4. The Morgan fingerprint density at radius 1 is 1.31 bits per heavy atom. The topological polar surface area (TPSA) is 63.3 Å². The monoisotopic (exact) mass is 249 g/mol. The summed E-state index contributed by atoms with van der Waals surface area (Å²) in [5, 5.41) is 9.01. The summed E-state index contributed by atoms with van der Waals surface area (Å²) in [7, 11) is 0. The lowest BCUT2D eigenvalue weighted by Gasteiger charge is -2.43. The maximum atomic E-state index is 10.9. The van der Waals surface area contributed by atoms with Gasteiger partial charge in [0.15, 0.2) is 0 Å². The quantitative estimate of drug-likeness (QED) is 0.805. The Labute approximate surface area is 104 Å². The molecule has 0 amide bonds. The van der Waals surface area contributed by atoms with E-state index in [1.165, 1.54) is 6.42 Å². The van der Waals surface area contributed by atoms with Gasteiger partial charge < -0.3 is 10.8 Å². The second kappa shape index (κ2) is 6.45. The van der Waals surface area contributed by atoms with Crippen LogP contribution in [-0.4, -0.2) is 17.1 Å². The molecule has 16 heavy (non-hydrogen) atoms. The van der Waals surface area contributed by atoms with Crippen molar-refractivity contribution >= 4 is 18.4 Å². The molecule has 3 nitrogen and oxygen atoms in total. The SMILES string of the molecule is CC(C)C(N)C1(CC(=O)O)CCCCC1.Cl. The zero-order chi connectivity index (χ0) is 11.5. The minimum absolute atomic E-state index is 0. The number of carboxylic acids is 1. The molecule has 1 saturated carbocycles. The number of hydrogen-bond donors (Lipinski definition) is 2. The molecule has 1 fully saturated rings. The first-order valence-electron chi connectivity index (χ1n) is 5.95. The Kier molecular flexibility index (Phi) is 6.34. The average Bonchev–Trinajstić information content (AvgIpc) is 2.16. The Bertz CT molecular complexity index is 225. The van der Waals surface area contributed by atoms with Gasteiger partial charge in [-0.05, 0) is 24.2 Å². The van der Waals surface area contributed by atoms with E-state index in [1.807, 2.05) is 0 Å². The summed E-state index contributed by atoms with van der Waals surface area (Å²) in [4.78, 5) is 10.9. The molecule has 1 aliphatic carbocycles. The molecule has 0 aromatic rings. The molecule has 0 aliphatic heterocycles. The number of nitrogens with two attached hydrogens (primary N) is 1. The highest BCUT2D eigenvalue weighted by molar-refractivity contribution is 5.85. The van der Waals surface area contributed by atoms with Crippen LogP contribution in [0.2, 0.25) is 0 Å². The molecular weight excluding hydrogens is 226 g/mol. The van der Waals surface area contributed by atoms with Crippen LogP contribution in [0, 0.1) is 11.3 Å². The third-order valence-corrected chi connectivity index (χ3v) is 3.78. The summed E-state index contributed by atoms with van der Waals surface area (Å²) in [6.07, 6.45) is 5.71. The highest BCUT2D eigenvalue weighted by Crippen LogP contribution is 2.43. The van der Waals surface area contributed by atoms with Crippen molar-refractivity contribution in [2.24, 2.45) is 17.1 Å². The van der Waals surface area contributed by atoms with E-state index in [4.69, 9.17) is 10.8 Å². The molecule has 0 radical (unpaired) electrons. The third kappa shape index (κ3) is 3.63. The normalized spacial score (nSPS) is 21.2. The molecule has 4 heteroatoms. The fraction of sp³-hybridized carbons (Fsp3) is 0.917. The number of aliphatic carboxylic acids is 1. The molecule has 0 spiro atoms. The molecule has 0 heterocycles. The lowest BCUT2D eigenvalue weighted by molar-refractivity contribution is -0.141. The smallest absolute Gasteiger partial charge is 0.303 e. The van der Waals surface area contributed by atoms with E-state index in [0.29, 0.717) is 5.92 Å². The van der Waals surface area contributed by atoms with E-state index in [2.05, 4.69) is 13.8 Å². The van der Waals surface area contributed by atoms with Gasteiger partial charge in [0, 0.05) is 6.04 Å².